The van der Waals surface area contributed by atoms with Crippen LogP contribution in [0.2, 0.25) is 0 Å². The van der Waals surface area contributed by atoms with Crippen LogP contribution in [0.5, 0.6) is 11.5 Å². The van der Waals surface area contributed by atoms with E-state index in [9.17, 15) is 14.9 Å². The number of nitrogens with zero attached hydrogens (tertiary/aromatic N) is 2. The van der Waals surface area contributed by atoms with Crippen molar-refractivity contribution in [2.45, 2.75) is 6.92 Å². The molecule has 0 saturated heterocycles. The third kappa shape index (κ3) is 4.69. The number of rotatable bonds is 8. The van der Waals surface area contributed by atoms with Gasteiger partial charge in [-0.3, -0.25) is 15.5 Å². The lowest BCUT2D eigenvalue weighted by Gasteiger charge is -2.11. The number of nitro groups is 1. The molecule has 0 fully saturated rings. The highest BCUT2D eigenvalue weighted by atomic mass is 16.6. The highest BCUT2D eigenvalue weighted by Gasteiger charge is 2.12. The van der Waals surface area contributed by atoms with E-state index in [0.717, 1.165) is 0 Å². The molecule has 0 spiro atoms. The Labute approximate surface area is 149 Å². The number of aliphatic carboxylic acids is 1. The van der Waals surface area contributed by atoms with Crippen molar-refractivity contribution in [2.24, 2.45) is 5.10 Å². The Morgan fingerprint density at radius 3 is 2.65 bits per heavy atom. The third-order valence-electron chi connectivity index (χ3n) is 3.38. The molecular formula is C17H17N3O6. The first-order chi connectivity index (χ1) is 12.4. The molecule has 0 aliphatic carbocycles. The summed E-state index contributed by atoms with van der Waals surface area (Å²) >= 11 is 0. The van der Waals surface area contributed by atoms with Crippen molar-refractivity contribution in [3.63, 3.8) is 0 Å². The van der Waals surface area contributed by atoms with Crippen LogP contribution in [-0.2, 0) is 4.79 Å². The van der Waals surface area contributed by atoms with E-state index in [-0.39, 0.29) is 17.1 Å². The first-order valence-electron chi connectivity index (χ1n) is 7.49. The van der Waals surface area contributed by atoms with E-state index >= 15 is 0 Å². The second-order valence-corrected chi connectivity index (χ2v) is 5.13. The predicted molar refractivity (Wildman–Crippen MR) is 95.1 cm³/mol. The Kier molecular flexibility index (Phi) is 6.10. The minimum atomic E-state index is -1.09. The van der Waals surface area contributed by atoms with Gasteiger partial charge < -0.3 is 14.6 Å². The van der Waals surface area contributed by atoms with Crippen LogP contribution in [0.3, 0.4) is 0 Å². The summed E-state index contributed by atoms with van der Waals surface area (Å²) in [7, 11) is 1.44. The Bertz CT molecular complexity index is 850. The van der Waals surface area contributed by atoms with Gasteiger partial charge in [-0.15, -0.1) is 0 Å². The molecule has 0 saturated carbocycles. The van der Waals surface area contributed by atoms with E-state index < -0.39 is 17.5 Å². The van der Waals surface area contributed by atoms with Crippen LogP contribution in [0.15, 0.2) is 47.6 Å². The first-order valence-corrected chi connectivity index (χ1v) is 7.49. The number of carboxylic acids is 1. The lowest BCUT2D eigenvalue weighted by molar-refractivity contribution is -0.384. The first kappa shape index (κ1) is 18.7. The highest BCUT2D eigenvalue weighted by molar-refractivity contribution is 5.99. The molecule has 9 heteroatoms. The Morgan fingerprint density at radius 2 is 2.00 bits per heavy atom. The summed E-state index contributed by atoms with van der Waals surface area (Å²) in [4.78, 5) is 21.1. The largest absolute Gasteiger partial charge is 0.493 e. The number of hydrogen-bond donors (Lipinski definition) is 2. The van der Waals surface area contributed by atoms with Crippen molar-refractivity contribution in [2.75, 3.05) is 19.1 Å². The number of hydrogen-bond acceptors (Lipinski definition) is 7. The van der Waals surface area contributed by atoms with Crippen molar-refractivity contribution < 1.29 is 24.3 Å². The second-order valence-electron chi connectivity index (χ2n) is 5.13. The lowest BCUT2D eigenvalue weighted by Crippen LogP contribution is -2.10. The summed E-state index contributed by atoms with van der Waals surface area (Å²) in [5, 5.41) is 23.9. The summed E-state index contributed by atoms with van der Waals surface area (Å²) in [5.41, 5.74) is 4.09. The van der Waals surface area contributed by atoms with Gasteiger partial charge in [0.05, 0.1) is 17.7 Å². The molecule has 0 aromatic heterocycles. The van der Waals surface area contributed by atoms with Crippen LogP contribution in [0, 0.1) is 10.1 Å². The van der Waals surface area contributed by atoms with Gasteiger partial charge in [0.25, 0.3) is 5.69 Å². The summed E-state index contributed by atoms with van der Waals surface area (Å²) in [6, 6.07) is 11.1. The van der Waals surface area contributed by atoms with Gasteiger partial charge in [0.15, 0.2) is 18.1 Å². The fourth-order valence-corrected chi connectivity index (χ4v) is 2.09. The van der Waals surface area contributed by atoms with Crippen molar-refractivity contribution in [1.29, 1.82) is 0 Å². The fraction of sp³-hybridized carbons (Fsp3) is 0.176. The quantitative estimate of drug-likeness (QED) is 0.422. The smallest absolute Gasteiger partial charge is 0.341 e. The number of carboxylic acid groups (broad SMARTS) is 1. The molecule has 0 unspecified atom stereocenters. The van der Waals surface area contributed by atoms with Gasteiger partial charge in [-0.25, -0.2) is 4.79 Å². The second kappa shape index (κ2) is 8.47. The maximum atomic E-state index is 11.0. The van der Waals surface area contributed by atoms with Gasteiger partial charge in [0.2, 0.25) is 0 Å². The summed E-state index contributed by atoms with van der Waals surface area (Å²) < 4.78 is 10.3. The highest BCUT2D eigenvalue weighted by Crippen LogP contribution is 2.28. The van der Waals surface area contributed by atoms with Crippen LogP contribution in [0.4, 0.5) is 11.4 Å². The number of benzene rings is 2. The molecule has 0 aliphatic rings. The van der Waals surface area contributed by atoms with Gasteiger partial charge in [0.1, 0.15) is 5.69 Å². The lowest BCUT2D eigenvalue weighted by atomic mass is 10.1. The number of nitro benzene ring substituents is 1. The van der Waals surface area contributed by atoms with E-state index in [2.05, 4.69) is 10.5 Å². The van der Waals surface area contributed by atoms with E-state index in [0.29, 0.717) is 17.0 Å². The van der Waals surface area contributed by atoms with Crippen LogP contribution in [0.1, 0.15) is 12.5 Å². The van der Waals surface area contributed by atoms with Gasteiger partial charge in [-0.05, 0) is 31.2 Å². The van der Waals surface area contributed by atoms with Gasteiger partial charge in [-0.2, -0.15) is 5.10 Å². The van der Waals surface area contributed by atoms with Crippen molar-refractivity contribution in [1.82, 2.24) is 0 Å². The van der Waals surface area contributed by atoms with Crippen molar-refractivity contribution in [3.8, 4) is 11.5 Å². The van der Waals surface area contributed by atoms with E-state index in [1.54, 1.807) is 43.3 Å². The van der Waals surface area contributed by atoms with Crippen LogP contribution < -0.4 is 14.9 Å². The number of hydrazone groups is 1. The van der Waals surface area contributed by atoms with Crippen LogP contribution in [0.25, 0.3) is 0 Å². The Morgan fingerprint density at radius 1 is 1.27 bits per heavy atom. The molecule has 2 aromatic rings. The number of carbonyl (C=O) groups is 1. The molecule has 2 N–H and O–H groups in total. The minimum absolute atomic E-state index is 0.0842. The number of para-hydroxylation sites is 2. The minimum Gasteiger partial charge on any atom is -0.493 e. The van der Waals surface area contributed by atoms with E-state index in [1.165, 1.54) is 13.2 Å². The summed E-state index contributed by atoms with van der Waals surface area (Å²) in [5.74, 6) is -0.454. The van der Waals surface area contributed by atoms with Crippen molar-refractivity contribution in [3.05, 3.63) is 58.1 Å². The molecule has 0 radical (unpaired) electrons. The zero-order chi connectivity index (χ0) is 19.1. The molecule has 2 aromatic carbocycles. The molecule has 136 valence electrons. The van der Waals surface area contributed by atoms with E-state index in [4.69, 9.17) is 14.6 Å². The molecular weight excluding hydrogens is 342 g/mol. The third-order valence-corrected chi connectivity index (χ3v) is 3.38. The van der Waals surface area contributed by atoms with Gasteiger partial charge in [0, 0.05) is 11.6 Å². The van der Waals surface area contributed by atoms with Crippen LogP contribution in [-0.4, -0.2) is 35.4 Å². The Hall–Kier alpha value is -3.62. The molecule has 0 aliphatic heterocycles. The van der Waals surface area contributed by atoms with Gasteiger partial charge >= 0.3 is 5.97 Å². The predicted octanol–water partition coefficient (Wildman–Crippen LogP) is 2.90. The topological polar surface area (TPSA) is 123 Å². The fourth-order valence-electron chi connectivity index (χ4n) is 2.09. The number of methoxy groups -OCH3 is 1. The molecule has 2 rings (SSSR count). The monoisotopic (exact) mass is 359 g/mol. The van der Waals surface area contributed by atoms with E-state index in [1.807, 2.05) is 0 Å². The normalized spacial score (nSPS) is 10.9. The maximum absolute atomic E-state index is 11.0. The summed E-state index contributed by atoms with van der Waals surface area (Å²) in [6.45, 7) is 1.23. The molecule has 26 heavy (non-hydrogen) atoms. The molecule has 0 bridgehead atoms. The SMILES string of the molecule is COc1cc(/C(C)=N\Nc2ccccc2[N+](=O)[O-])ccc1OCC(=O)O. The summed E-state index contributed by atoms with van der Waals surface area (Å²) in [6.07, 6.45) is 0. The molecule has 0 atom stereocenters. The molecule has 0 heterocycles. The average molecular weight is 359 g/mol. The number of nitrogens with one attached hydrogen (secondary N) is 1. The molecule has 9 nitrogen and oxygen atoms in total. The van der Waals surface area contributed by atoms with Crippen LogP contribution >= 0.6 is 0 Å². The zero-order valence-electron chi connectivity index (χ0n) is 14.1. The number of ether oxygens (including phenoxy) is 2. The maximum Gasteiger partial charge on any atom is 0.341 e. The number of anilines is 1. The standard InChI is InChI=1S/C17H17N3O6/c1-11(18-19-13-5-3-4-6-14(13)20(23)24)12-7-8-15(16(9-12)25-2)26-10-17(21)22/h3-9,19H,10H2,1-2H3,(H,21,22)/b18-11-. The van der Waals surface area contributed by atoms with Crippen molar-refractivity contribution >= 4 is 23.1 Å². The zero-order valence-corrected chi connectivity index (χ0v) is 14.1. The average Bonchev–Trinajstić information content (AvgIpc) is 2.64. The Balaban J connectivity index is 2.21. The van der Waals surface area contributed by atoms with Gasteiger partial charge in [-0.1, -0.05) is 12.1 Å². The molecule has 0 amide bonds.